The molecule has 5 heteroatoms. The minimum atomic E-state index is 0.170. The second kappa shape index (κ2) is 6.31. The molecule has 0 saturated heterocycles. The van der Waals surface area contributed by atoms with Crippen LogP contribution >= 0.6 is 39.1 Å². The molecule has 0 saturated carbocycles. The van der Waals surface area contributed by atoms with Gasteiger partial charge >= 0.3 is 0 Å². The van der Waals surface area contributed by atoms with E-state index in [0.717, 1.165) is 28.1 Å². The maximum Gasteiger partial charge on any atom is 0.135 e. The van der Waals surface area contributed by atoms with Crippen molar-refractivity contribution in [3.8, 4) is 11.3 Å². The smallest absolute Gasteiger partial charge is 0.135 e. The summed E-state index contributed by atoms with van der Waals surface area (Å²) in [7, 11) is 0. The third-order valence-corrected chi connectivity index (χ3v) is 4.64. The lowest BCUT2D eigenvalue weighted by Gasteiger charge is -2.09. The molecule has 0 aliphatic carbocycles. The third kappa shape index (κ3) is 3.16. The predicted molar refractivity (Wildman–Crippen MR) is 84.0 cm³/mol. The van der Waals surface area contributed by atoms with Gasteiger partial charge < -0.3 is 9.73 Å². The molecule has 0 aliphatic heterocycles. The van der Waals surface area contributed by atoms with Crippen molar-refractivity contribution in [1.82, 2.24) is 5.32 Å². The zero-order valence-corrected chi connectivity index (χ0v) is 13.7. The van der Waals surface area contributed by atoms with Crippen molar-refractivity contribution in [3.63, 3.8) is 0 Å². The molecule has 2 rings (SSSR count). The van der Waals surface area contributed by atoms with Crippen molar-refractivity contribution >= 4 is 39.1 Å². The molecule has 0 amide bonds. The third-order valence-electron chi connectivity index (χ3n) is 2.86. The Hall–Kier alpha value is -0.480. The highest BCUT2D eigenvalue weighted by Crippen LogP contribution is 2.39. The highest BCUT2D eigenvalue weighted by molar-refractivity contribution is 9.10. The first-order valence-corrected chi connectivity index (χ1v) is 7.56. The molecule has 102 valence electrons. The van der Waals surface area contributed by atoms with Crippen LogP contribution in [0.4, 0.5) is 0 Å². The molecular weight excluding hydrogens is 349 g/mol. The summed E-state index contributed by atoms with van der Waals surface area (Å²) in [6, 6.07) is 7.78. The number of benzene rings is 1. The average molecular weight is 363 g/mol. The zero-order valence-electron chi connectivity index (χ0n) is 10.6. The monoisotopic (exact) mass is 361 g/mol. The Labute approximate surface area is 131 Å². The van der Waals surface area contributed by atoms with Crippen molar-refractivity contribution in [3.05, 3.63) is 44.5 Å². The molecule has 1 atom stereocenters. The first-order chi connectivity index (χ1) is 9.04. The minimum absolute atomic E-state index is 0.170. The summed E-state index contributed by atoms with van der Waals surface area (Å²) in [5.41, 5.74) is 0.796. The second-order valence-corrected chi connectivity index (χ2v) is 5.81. The number of nitrogens with one attached hydrogen (secondary N) is 1. The van der Waals surface area contributed by atoms with Crippen LogP contribution in [0.3, 0.4) is 0 Å². The highest BCUT2D eigenvalue weighted by Gasteiger charge is 2.15. The highest BCUT2D eigenvalue weighted by atomic mass is 79.9. The summed E-state index contributed by atoms with van der Waals surface area (Å²) in [5, 5.41) is 4.29. The number of hydrogen-bond donors (Lipinski definition) is 1. The predicted octanol–water partition coefficient (Wildman–Crippen LogP) is 5.69. The van der Waals surface area contributed by atoms with E-state index in [1.165, 1.54) is 0 Å². The van der Waals surface area contributed by atoms with Gasteiger partial charge in [-0.05, 0) is 53.7 Å². The van der Waals surface area contributed by atoms with Crippen LogP contribution in [0.5, 0.6) is 0 Å². The molecule has 1 aromatic carbocycles. The van der Waals surface area contributed by atoms with Crippen LogP contribution in [-0.2, 0) is 0 Å². The number of hydrogen-bond acceptors (Lipinski definition) is 2. The molecule has 1 heterocycles. The Balaban J connectivity index is 2.36. The molecule has 1 N–H and O–H groups in total. The molecule has 0 spiro atoms. The Kier molecular flexibility index (Phi) is 4.96. The quantitative estimate of drug-likeness (QED) is 0.707. The normalized spacial score (nSPS) is 12.7. The number of rotatable bonds is 4. The fourth-order valence-electron chi connectivity index (χ4n) is 1.85. The van der Waals surface area contributed by atoms with Crippen LogP contribution in [-0.4, -0.2) is 6.54 Å². The second-order valence-electron chi connectivity index (χ2n) is 4.20. The summed E-state index contributed by atoms with van der Waals surface area (Å²) < 4.78 is 6.61. The molecule has 0 aliphatic rings. The Morgan fingerprint density at radius 1 is 1.21 bits per heavy atom. The maximum atomic E-state index is 6.25. The molecular formula is C14H14BrCl2NO. The van der Waals surface area contributed by atoms with Crippen molar-refractivity contribution in [2.45, 2.75) is 19.9 Å². The molecule has 1 aromatic heterocycles. The topological polar surface area (TPSA) is 25.2 Å². The molecule has 0 bridgehead atoms. The van der Waals surface area contributed by atoms with Gasteiger partial charge in [0.2, 0.25) is 0 Å². The van der Waals surface area contributed by atoms with E-state index >= 15 is 0 Å². The average Bonchev–Trinajstić information content (AvgIpc) is 2.86. The molecule has 19 heavy (non-hydrogen) atoms. The first-order valence-electron chi connectivity index (χ1n) is 6.01. The Bertz CT molecular complexity index is 583. The molecule has 0 radical (unpaired) electrons. The van der Waals surface area contributed by atoms with Crippen molar-refractivity contribution in [2.24, 2.45) is 0 Å². The molecule has 0 fully saturated rings. The van der Waals surface area contributed by atoms with E-state index in [4.69, 9.17) is 27.6 Å². The van der Waals surface area contributed by atoms with Gasteiger partial charge in [-0.2, -0.15) is 0 Å². The summed E-state index contributed by atoms with van der Waals surface area (Å²) in [5.74, 6) is 1.60. The largest absolute Gasteiger partial charge is 0.459 e. The summed E-state index contributed by atoms with van der Waals surface area (Å²) in [6.45, 7) is 5.01. The zero-order chi connectivity index (χ0) is 14.0. The van der Waals surface area contributed by atoms with Gasteiger partial charge in [0.15, 0.2) is 0 Å². The van der Waals surface area contributed by atoms with Gasteiger partial charge in [-0.3, -0.25) is 0 Å². The fourth-order valence-corrected chi connectivity index (χ4v) is 2.72. The van der Waals surface area contributed by atoms with Crippen molar-refractivity contribution < 1.29 is 4.42 Å². The van der Waals surface area contributed by atoms with E-state index in [9.17, 15) is 0 Å². The van der Waals surface area contributed by atoms with Gasteiger partial charge in [0.05, 0.1) is 16.1 Å². The van der Waals surface area contributed by atoms with Crippen LogP contribution in [0.1, 0.15) is 25.6 Å². The number of halogens is 3. The van der Waals surface area contributed by atoms with Crippen LogP contribution in [0.25, 0.3) is 11.3 Å². The van der Waals surface area contributed by atoms with E-state index in [1.54, 1.807) is 0 Å². The maximum absolute atomic E-state index is 6.25. The van der Waals surface area contributed by atoms with Gasteiger partial charge in [-0.1, -0.05) is 30.1 Å². The minimum Gasteiger partial charge on any atom is -0.459 e. The van der Waals surface area contributed by atoms with Crippen LogP contribution in [0, 0.1) is 0 Å². The van der Waals surface area contributed by atoms with Gasteiger partial charge in [0.25, 0.3) is 0 Å². The number of furan rings is 1. The summed E-state index contributed by atoms with van der Waals surface area (Å²) in [4.78, 5) is 0. The van der Waals surface area contributed by atoms with Gasteiger partial charge in [0, 0.05) is 10.0 Å². The van der Waals surface area contributed by atoms with E-state index < -0.39 is 0 Å². The Morgan fingerprint density at radius 2 is 1.95 bits per heavy atom. The van der Waals surface area contributed by atoms with Crippen LogP contribution in [0.15, 0.2) is 33.2 Å². The van der Waals surface area contributed by atoms with Gasteiger partial charge in [-0.25, -0.2) is 0 Å². The lowest BCUT2D eigenvalue weighted by atomic mass is 10.2. The van der Waals surface area contributed by atoms with Crippen molar-refractivity contribution in [2.75, 3.05) is 6.54 Å². The summed E-state index contributed by atoms with van der Waals surface area (Å²) >= 11 is 15.7. The SMILES string of the molecule is CCNC(C)c1ccc(-c2ccc(Br)c(Cl)c2Cl)o1. The molecule has 2 nitrogen and oxygen atoms in total. The first kappa shape index (κ1) is 14.9. The van der Waals surface area contributed by atoms with E-state index in [1.807, 2.05) is 24.3 Å². The standard InChI is InChI=1S/C14H14BrCl2NO/c1-3-18-8(2)11-6-7-12(19-11)9-4-5-10(15)14(17)13(9)16/h4-8,18H,3H2,1-2H3. The summed E-state index contributed by atoms with van der Waals surface area (Å²) in [6.07, 6.45) is 0. The molecule has 2 aromatic rings. The van der Waals surface area contributed by atoms with Gasteiger partial charge in [-0.15, -0.1) is 0 Å². The fraction of sp³-hybridized carbons (Fsp3) is 0.286. The van der Waals surface area contributed by atoms with Crippen LogP contribution in [0.2, 0.25) is 10.0 Å². The van der Waals surface area contributed by atoms with Crippen molar-refractivity contribution in [1.29, 1.82) is 0 Å². The van der Waals surface area contributed by atoms with E-state index in [-0.39, 0.29) is 6.04 Å². The lowest BCUT2D eigenvalue weighted by molar-refractivity contribution is 0.445. The Morgan fingerprint density at radius 3 is 2.63 bits per heavy atom. The van der Waals surface area contributed by atoms with Gasteiger partial charge in [0.1, 0.15) is 11.5 Å². The van der Waals surface area contributed by atoms with E-state index in [0.29, 0.717) is 10.0 Å². The van der Waals surface area contributed by atoms with E-state index in [2.05, 4.69) is 35.1 Å². The van der Waals surface area contributed by atoms with Crippen LogP contribution < -0.4 is 5.32 Å². The lowest BCUT2D eigenvalue weighted by Crippen LogP contribution is -2.16. The molecule has 1 unspecified atom stereocenters.